The molecule has 9 nitrogen and oxygen atoms in total. The maximum absolute atomic E-state index is 13.7. The summed E-state index contributed by atoms with van der Waals surface area (Å²) < 4.78 is 56.1. The van der Waals surface area contributed by atoms with Gasteiger partial charge in [-0.25, -0.2) is 4.39 Å². The molecule has 242 valence electrons. The third-order valence-electron chi connectivity index (χ3n) is 7.04. The number of allylic oxidation sites excluding steroid dienone is 4. The van der Waals surface area contributed by atoms with Gasteiger partial charge in [-0.2, -0.15) is 13.2 Å². The van der Waals surface area contributed by atoms with Crippen LogP contribution in [0.15, 0.2) is 77.2 Å². The molecule has 7 N–H and O–H groups in total. The number of nitrogens with zero attached hydrogens (tertiary/aromatic N) is 1. The third kappa shape index (κ3) is 8.15. The lowest BCUT2D eigenvalue weighted by Gasteiger charge is -2.28. The van der Waals surface area contributed by atoms with Crippen LogP contribution in [-0.2, 0) is 19.1 Å². The number of thioether (sulfide) groups is 1. The number of aliphatic hydroxyl groups excluding tert-OH is 1. The highest BCUT2D eigenvalue weighted by molar-refractivity contribution is 8.04. The van der Waals surface area contributed by atoms with E-state index in [0.29, 0.717) is 22.2 Å². The van der Waals surface area contributed by atoms with Crippen molar-refractivity contribution < 1.29 is 53.0 Å². The average molecular weight is 673 g/mol. The topological polar surface area (TPSA) is 155 Å². The predicted octanol–water partition coefficient (Wildman–Crippen LogP) is 3.74. The molecule has 1 aliphatic rings. The Bertz CT molecular complexity index is 1660. The van der Waals surface area contributed by atoms with E-state index in [-0.39, 0.29) is 52.2 Å². The molecule has 15 heteroatoms. The van der Waals surface area contributed by atoms with Crippen molar-refractivity contribution in [3.05, 3.63) is 105 Å². The Labute approximate surface area is 263 Å². The Balaban J connectivity index is 1.58. The minimum Gasteiger partial charge on any atom is -0.394 e. The molecule has 0 spiro atoms. The van der Waals surface area contributed by atoms with E-state index in [2.05, 4.69) is 5.32 Å². The number of halogens is 5. The second kappa shape index (κ2) is 13.6. The number of benzene rings is 2. The van der Waals surface area contributed by atoms with Crippen LogP contribution in [0.1, 0.15) is 33.6 Å². The highest BCUT2D eigenvalue weighted by Crippen LogP contribution is 2.37. The lowest BCUT2D eigenvalue weighted by molar-refractivity contribution is -0.411. The summed E-state index contributed by atoms with van der Waals surface area (Å²) in [5, 5.41) is 56.6. The number of hydrogen-bond acceptors (Lipinski definition) is 8. The van der Waals surface area contributed by atoms with Crippen LogP contribution in [0.5, 0.6) is 0 Å². The number of aryl methyl sites for hydroxylation is 1. The summed E-state index contributed by atoms with van der Waals surface area (Å²) in [4.78, 5) is 13.3. The fourth-order valence-corrected chi connectivity index (χ4v) is 5.74. The van der Waals surface area contributed by atoms with Gasteiger partial charge in [0.05, 0.1) is 24.8 Å². The number of fused-ring (bicyclic) bond motifs is 1. The Hall–Kier alpha value is -3.21. The maximum Gasteiger partial charge on any atom is 0.416 e. The van der Waals surface area contributed by atoms with Gasteiger partial charge in [0.2, 0.25) is 0 Å². The van der Waals surface area contributed by atoms with Gasteiger partial charge in [0.25, 0.3) is 5.91 Å². The Morgan fingerprint density at radius 1 is 1.04 bits per heavy atom. The summed E-state index contributed by atoms with van der Waals surface area (Å²) in [5.74, 6) is -4.40. The third-order valence-corrected chi connectivity index (χ3v) is 8.34. The van der Waals surface area contributed by atoms with E-state index in [1.165, 1.54) is 42.5 Å². The first kappa shape index (κ1) is 34.7. The molecular formula is C30H29ClF4N2O7S. The monoisotopic (exact) mass is 672 g/mol. The standard InChI is InChI=1S/C30H29ClF4N2O7S/c31-21-7-4-18(24(15-21)28(33,34)35)13-22-14-20-12-19(6-9-26(20)37(22)11-10-32)27(39)36-25(16-38)17-2-1-3-23(8-5-17)45-30(43,44)29(40,41)42/h1,3-9,12,14-15,25,38,40-44H,2,10-11,13,16H2,(H,36,39). The number of aromatic nitrogens is 1. The normalized spacial score (nSPS) is 15.1. The first-order chi connectivity index (χ1) is 21.0. The number of carbonyl (C=O) groups excluding carboxylic acids is 1. The number of hydrogen-bond donors (Lipinski definition) is 7. The number of alkyl halides is 4. The first-order valence-electron chi connectivity index (χ1n) is 13.4. The minimum absolute atomic E-state index is 0.0491. The zero-order valence-corrected chi connectivity index (χ0v) is 24.9. The molecule has 0 aliphatic heterocycles. The van der Waals surface area contributed by atoms with Gasteiger partial charge < -0.3 is 40.5 Å². The molecule has 1 aromatic heterocycles. The van der Waals surface area contributed by atoms with Crippen molar-refractivity contribution in [3.8, 4) is 0 Å². The molecule has 2 aromatic carbocycles. The van der Waals surface area contributed by atoms with Crippen LogP contribution in [0.2, 0.25) is 5.02 Å². The molecule has 4 rings (SSSR count). The first-order valence-corrected chi connectivity index (χ1v) is 14.6. The second-order valence-corrected chi connectivity index (χ2v) is 11.9. The zero-order chi connectivity index (χ0) is 33.2. The summed E-state index contributed by atoms with van der Waals surface area (Å²) >= 11 is 5.94. The molecule has 1 unspecified atom stereocenters. The summed E-state index contributed by atoms with van der Waals surface area (Å²) in [7, 11) is 0. The zero-order valence-electron chi connectivity index (χ0n) is 23.3. The van der Waals surface area contributed by atoms with Gasteiger partial charge in [0.15, 0.2) is 0 Å². The molecule has 3 aromatic rings. The van der Waals surface area contributed by atoms with E-state index in [1.54, 1.807) is 22.8 Å². The summed E-state index contributed by atoms with van der Waals surface area (Å²) in [5.41, 5.74) is 0.622. The summed E-state index contributed by atoms with van der Waals surface area (Å²) in [6.45, 7) is -1.41. The van der Waals surface area contributed by atoms with Crippen molar-refractivity contribution in [1.29, 1.82) is 0 Å². The molecule has 0 saturated carbocycles. The van der Waals surface area contributed by atoms with Gasteiger partial charge >= 0.3 is 17.3 Å². The number of amides is 1. The highest BCUT2D eigenvalue weighted by atomic mass is 35.5. The van der Waals surface area contributed by atoms with Crippen LogP contribution < -0.4 is 5.32 Å². The SMILES string of the molecule is O=C(NC(CO)C1=CC=C(SC(O)(O)C(O)(O)O)C=CC1)c1ccc2c(c1)cc(Cc1ccc(Cl)cc1C(F)(F)F)n2CCF. The van der Waals surface area contributed by atoms with E-state index >= 15 is 0 Å². The van der Waals surface area contributed by atoms with Gasteiger partial charge in [0, 0.05) is 38.5 Å². The van der Waals surface area contributed by atoms with Crippen LogP contribution >= 0.6 is 23.4 Å². The molecule has 0 fully saturated rings. The molecule has 45 heavy (non-hydrogen) atoms. The van der Waals surface area contributed by atoms with E-state index < -0.39 is 48.1 Å². The van der Waals surface area contributed by atoms with Crippen molar-refractivity contribution in [2.45, 2.75) is 42.7 Å². The van der Waals surface area contributed by atoms with Crippen LogP contribution in [0.4, 0.5) is 17.6 Å². The molecule has 0 radical (unpaired) electrons. The van der Waals surface area contributed by atoms with Crippen LogP contribution in [0.3, 0.4) is 0 Å². The Morgan fingerprint density at radius 2 is 1.78 bits per heavy atom. The lowest BCUT2D eigenvalue weighted by Crippen LogP contribution is -2.51. The van der Waals surface area contributed by atoms with Crippen molar-refractivity contribution in [1.82, 2.24) is 9.88 Å². The van der Waals surface area contributed by atoms with Crippen LogP contribution in [-0.4, -0.2) is 71.5 Å². The van der Waals surface area contributed by atoms with E-state index in [4.69, 9.17) is 26.9 Å². The second-order valence-electron chi connectivity index (χ2n) is 10.2. The average Bonchev–Trinajstić information content (AvgIpc) is 3.11. The minimum atomic E-state index is -4.66. The van der Waals surface area contributed by atoms with Gasteiger partial charge in [0.1, 0.15) is 6.67 Å². The van der Waals surface area contributed by atoms with Crippen LogP contribution in [0.25, 0.3) is 10.9 Å². The summed E-state index contributed by atoms with van der Waals surface area (Å²) in [6, 6.07) is 8.69. The van der Waals surface area contributed by atoms with Crippen molar-refractivity contribution >= 4 is 40.2 Å². The lowest BCUT2D eigenvalue weighted by atomic mass is 10.0. The highest BCUT2D eigenvalue weighted by Gasteiger charge is 2.48. The number of carbonyl (C=O) groups is 1. The number of nitrogens with one attached hydrogen (secondary N) is 1. The van der Waals surface area contributed by atoms with Crippen molar-refractivity contribution in [3.63, 3.8) is 0 Å². The molecule has 1 amide bonds. The fraction of sp³-hybridized carbons (Fsp3) is 0.300. The van der Waals surface area contributed by atoms with Gasteiger partial charge in [-0.1, -0.05) is 47.7 Å². The molecule has 1 atom stereocenters. The van der Waals surface area contributed by atoms with Gasteiger partial charge in [-0.3, -0.25) is 4.79 Å². The Morgan fingerprint density at radius 3 is 2.42 bits per heavy atom. The molecule has 0 bridgehead atoms. The smallest absolute Gasteiger partial charge is 0.394 e. The molecule has 1 heterocycles. The van der Waals surface area contributed by atoms with E-state index in [9.17, 15) is 37.7 Å². The van der Waals surface area contributed by atoms with Crippen LogP contribution in [0, 0.1) is 0 Å². The summed E-state index contributed by atoms with van der Waals surface area (Å²) in [6.07, 6.45) is 1.18. The number of aliphatic hydroxyl groups is 6. The quantitative estimate of drug-likeness (QED) is 0.120. The van der Waals surface area contributed by atoms with E-state index in [1.807, 2.05) is 0 Å². The predicted molar refractivity (Wildman–Crippen MR) is 160 cm³/mol. The van der Waals surface area contributed by atoms with E-state index in [0.717, 1.165) is 6.07 Å². The van der Waals surface area contributed by atoms with Gasteiger partial charge in [-0.05, 0) is 60.0 Å². The fourth-order valence-electron chi connectivity index (χ4n) is 4.81. The number of rotatable bonds is 11. The van der Waals surface area contributed by atoms with Gasteiger partial charge in [-0.15, -0.1) is 0 Å². The molecule has 1 aliphatic carbocycles. The molecular weight excluding hydrogens is 644 g/mol. The largest absolute Gasteiger partial charge is 0.416 e. The Kier molecular flexibility index (Phi) is 10.5. The van der Waals surface area contributed by atoms with Crippen molar-refractivity contribution in [2.75, 3.05) is 13.3 Å². The van der Waals surface area contributed by atoms with Crippen molar-refractivity contribution in [2.24, 2.45) is 0 Å². The molecule has 0 saturated heterocycles. The maximum atomic E-state index is 13.7.